The first-order valence-corrected chi connectivity index (χ1v) is 47.6. The summed E-state index contributed by atoms with van der Waals surface area (Å²) in [5.74, 6) is -0.616. The molecule has 0 spiro atoms. The van der Waals surface area contributed by atoms with Crippen LogP contribution in [-0.2, 0) is 136 Å². The number of anilines is 4. The van der Waals surface area contributed by atoms with E-state index >= 15 is 0 Å². The Morgan fingerprint density at radius 1 is 0.504 bits per heavy atom. The maximum absolute atomic E-state index is 14.3. The van der Waals surface area contributed by atoms with Gasteiger partial charge in [0.05, 0.1) is 24.3 Å². The van der Waals surface area contributed by atoms with Crippen LogP contribution in [0.1, 0.15) is 170 Å². The van der Waals surface area contributed by atoms with Crippen molar-refractivity contribution < 1.29 is 57.2 Å². The van der Waals surface area contributed by atoms with E-state index in [0.717, 1.165) is 194 Å². The van der Waals surface area contributed by atoms with E-state index in [9.17, 15) is 62.5 Å². The molecule has 16 rings (SSSR count). The summed E-state index contributed by atoms with van der Waals surface area (Å²) in [5, 5.41) is 35.9. The monoisotopic (exact) mass is 1760 g/mol. The van der Waals surface area contributed by atoms with Gasteiger partial charge in [-0.1, -0.05) is 38.1 Å². The van der Waals surface area contributed by atoms with Crippen molar-refractivity contribution in [1.82, 2.24) is 77.7 Å². The second kappa shape index (κ2) is 38.0. The normalized spacial score (nSPS) is 15.4. The van der Waals surface area contributed by atoms with Crippen molar-refractivity contribution in [2.75, 3.05) is 82.7 Å². The number of nitrogens with one attached hydrogen (secondary N) is 8. The predicted octanol–water partition coefficient (Wildman–Crippen LogP) is 10.9. The number of urea groups is 4. The second-order valence-corrected chi connectivity index (χ2v) is 40.0. The molecule has 1 saturated heterocycles. The average molecular weight is 1760 g/mol. The highest BCUT2D eigenvalue weighted by molar-refractivity contribution is 7.90. The minimum absolute atomic E-state index is 0.120. The van der Waals surface area contributed by atoms with Crippen LogP contribution in [0.4, 0.5) is 46.3 Å². The number of halogens is 1. The molecule has 0 saturated carbocycles. The van der Waals surface area contributed by atoms with E-state index < -0.39 is 75.6 Å². The van der Waals surface area contributed by atoms with E-state index in [4.69, 9.17) is 0 Å². The first-order chi connectivity index (χ1) is 58.5. The Bertz CT molecular complexity index is 5890. The zero-order chi connectivity index (χ0) is 87.9. The van der Waals surface area contributed by atoms with Gasteiger partial charge < -0.3 is 36.0 Å². The zero-order valence-corrected chi connectivity index (χ0v) is 74.1. The van der Waals surface area contributed by atoms with E-state index in [-0.39, 0.29) is 32.1 Å². The number of piperidine rings is 1. The molecule has 8 amide bonds. The first kappa shape index (κ1) is 89.8. The molecule has 1 fully saturated rings. The standard InChI is InChI=1S/C22H27FN6O3S.C22H29N5O3S.C21H29N5O3S.C20H23N5O3S/c1-15(2)18-12-17(23)13-19(16-6-5-8-24-14-16)21(18)25-22(30)27-33(31,32)20-7-9-29(26-20)11-10-28(3)4;1-26-11-8-17(9-12-26)27-13-10-20(24-27)31(29,30)25-22(28)23-21-18-6-2-4-15(18)14-16-5-3-7-19(16)21;1-25(2)11-5-12-26-13-10-19(23-26)30(28,29)24-21(27)22-20-17-8-3-6-15(17)14-16-7-4-9-18(16)20;1-20(2,12-21)25-10-9-17(23-25)29(27,28)24-19(26)22-18-15-7-3-5-13(15)11-14-6-4-8-16(14)18/h5-9,12-15H,10-11H2,1-4H3,(H2,25,27,30);10,13-14,17H,2-9,11-12H2,1H3,(H2,23,25,28);10,13-14H,3-9,11-12H2,1-2H3,(H2,22,24,27);9-11H,3-8H2,1-2H3,(H2,22,24,26). The number of hydrogen-bond acceptors (Lipinski definition) is 21. The SMILES string of the molecule is CC(C)(C#N)n1ccc(S(=O)(=O)NC(=O)Nc2c3c(cc4c2CCC4)CCC3)n1.CC(C)c1cc(F)cc(-c2cccnc2)c1NC(=O)NS(=O)(=O)c1ccn(CCN(C)C)n1.CN(C)CCCn1ccc(S(=O)(=O)NC(=O)Nc2c3c(cc4c2CCC4)CCC3)n1.CN1CCC(n2ccc(S(=O)(=O)NC(=O)Nc3c4c(cc5c3CCC5)CCC4)n2)CC1. The lowest BCUT2D eigenvalue weighted by Gasteiger charge is -2.28. The lowest BCUT2D eigenvalue weighted by molar-refractivity contribution is 0.211. The summed E-state index contributed by atoms with van der Waals surface area (Å²) in [7, 11) is -6.60. The lowest BCUT2D eigenvalue weighted by Crippen LogP contribution is -2.35. The van der Waals surface area contributed by atoms with Crippen LogP contribution in [0.5, 0.6) is 0 Å². The second-order valence-electron chi connectivity index (χ2n) is 33.5. The van der Waals surface area contributed by atoms with Gasteiger partial charge in [-0.2, -0.15) is 59.3 Å². The summed E-state index contributed by atoms with van der Waals surface area (Å²) in [6, 6.07) is 17.3. The van der Waals surface area contributed by atoms with Crippen LogP contribution in [-0.4, -0.2) is 178 Å². The zero-order valence-electron chi connectivity index (χ0n) is 70.8. The largest absolute Gasteiger partial charge is 0.333 e. The van der Waals surface area contributed by atoms with E-state index in [1.807, 2.05) is 62.5 Å². The molecule has 5 aromatic heterocycles. The van der Waals surface area contributed by atoms with Crippen molar-refractivity contribution in [2.45, 2.75) is 213 Å². The van der Waals surface area contributed by atoms with Gasteiger partial charge in [0.2, 0.25) is 0 Å². The third-order valence-corrected chi connectivity index (χ3v) is 28.1. The van der Waals surface area contributed by atoms with E-state index in [1.54, 1.807) is 60.1 Å². The minimum Gasteiger partial charge on any atom is -0.309 e. The van der Waals surface area contributed by atoms with Gasteiger partial charge in [-0.05, 0) is 324 Å². The summed E-state index contributed by atoms with van der Waals surface area (Å²) < 4.78 is 130. The number of aromatic nitrogens is 9. The number of carbonyl (C=O) groups excluding carboxylic acids is 4. The molecule has 123 heavy (non-hydrogen) atoms. The van der Waals surface area contributed by atoms with Gasteiger partial charge in [-0.25, -0.2) is 42.5 Å². The molecule has 6 heterocycles. The van der Waals surface area contributed by atoms with Gasteiger partial charge in [-0.15, -0.1) is 0 Å². The number of aryl methyl sites for hydroxylation is 7. The number of fused-ring (bicyclic) bond motifs is 6. The molecule has 0 unspecified atom stereocenters. The summed E-state index contributed by atoms with van der Waals surface area (Å²) in [4.78, 5) is 60.9. The summed E-state index contributed by atoms with van der Waals surface area (Å²) in [6.07, 6.45) is 30.0. The topological polar surface area (TPSA) is 419 Å². The van der Waals surface area contributed by atoms with Crippen LogP contribution in [0.15, 0.2) is 124 Å². The Hall–Kier alpha value is -11.0. The number of nitriles is 1. The highest BCUT2D eigenvalue weighted by Gasteiger charge is 2.34. The van der Waals surface area contributed by atoms with Crippen molar-refractivity contribution in [1.29, 1.82) is 5.26 Å². The van der Waals surface area contributed by atoms with Gasteiger partial charge in [0, 0.05) is 78.5 Å². The fraction of sp³-hybridized carbons (Fsp3) is 0.459. The molecule has 1 aliphatic heterocycles. The minimum atomic E-state index is -4.21. The molecule has 6 aliphatic carbocycles. The Kier molecular flexibility index (Phi) is 27.8. The van der Waals surface area contributed by atoms with Gasteiger partial charge in [0.15, 0.2) is 20.1 Å². The Balaban J connectivity index is 0.000000141. The summed E-state index contributed by atoms with van der Waals surface area (Å²) in [5.41, 5.74) is 17.8. The van der Waals surface area contributed by atoms with E-state index in [1.165, 1.54) is 103 Å². The number of carbonyl (C=O) groups is 4. The lowest BCUT2D eigenvalue weighted by atomic mass is 9.94. The molecule has 656 valence electrons. The third-order valence-electron chi connectivity index (χ3n) is 23.2. The molecule has 38 heteroatoms. The Morgan fingerprint density at radius 3 is 1.28 bits per heavy atom. The maximum Gasteiger partial charge on any atom is 0.333 e. The molecule has 0 atom stereocenters. The summed E-state index contributed by atoms with van der Waals surface area (Å²) >= 11 is 0. The van der Waals surface area contributed by atoms with Crippen molar-refractivity contribution >= 4 is 87.0 Å². The number of hydrogen-bond donors (Lipinski definition) is 8. The van der Waals surface area contributed by atoms with Gasteiger partial charge in [-0.3, -0.25) is 23.7 Å². The number of sulfonamides is 4. The van der Waals surface area contributed by atoms with Crippen LogP contribution in [0.25, 0.3) is 11.1 Å². The summed E-state index contributed by atoms with van der Waals surface area (Å²) in [6.45, 7) is 11.5. The fourth-order valence-corrected chi connectivity index (χ4v) is 20.3. The van der Waals surface area contributed by atoms with Crippen molar-refractivity contribution in [3.63, 3.8) is 0 Å². The van der Waals surface area contributed by atoms with Crippen molar-refractivity contribution in [2.24, 2.45) is 0 Å². The molecular weight excluding hydrogens is 1650 g/mol. The molecule has 8 N–H and O–H groups in total. The Labute approximate surface area is 717 Å². The van der Waals surface area contributed by atoms with E-state index in [0.29, 0.717) is 42.0 Å². The van der Waals surface area contributed by atoms with Crippen LogP contribution in [0.3, 0.4) is 0 Å². The number of nitrogens with zero attached hydrogens (tertiary/aromatic N) is 13. The molecular formula is C85H108FN21O12S4. The van der Waals surface area contributed by atoms with Gasteiger partial charge in [0.1, 0.15) is 11.4 Å². The molecule has 4 aromatic carbocycles. The quantitative estimate of drug-likeness (QED) is 0.0295. The highest BCUT2D eigenvalue weighted by atomic mass is 32.2. The number of benzene rings is 4. The molecule has 0 bridgehead atoms. The number of likely N-dealkylation sites (N-methyl/N-ethyl adjacent to an activating group) is 1. The predicted molar refractivity (Wildman–Crippen MR) is 464 cm³/mol. The molecule has 33 nitrogen and oxygen atoms in total. The Morgan fingerprint density at radius 2 is 0.886 bits per heavy atom. The number of pyridine rings is 1. The van der Waals surface area contributed by atoms with Crippen LogP contribution >= 0.6 is 0 Å². The third kappa shape index (κ3) is 21.6. The van der Waals surface area contributed by atoms with Crippen LogP contribution < -0.4 is 40.2 Å². The highest BCUT2D eigenvalue weighted by Crippen LogP contribution is 2.43. The smallest absolute Gasteiger partial charge is 0.309 e. The van der Waals surface area contributed by atoms with Crippen molar-refractivity contribution in [3.8, 4) is 17.2 Å². The van der Waals surface area contributed by atoms with Gasteiger partial charge in [0.25, 0.3) is 40.1 Å². The fourth-order valence-electron chi connectivity index (χ4n) is 16.9. The number of amides is 8. The van der Waals surface area contributed by atoms with E-state index in [2.05, 4.69) is 91.1 Å². The number of rotatable bonds is 23. The maximum atomic E-state index is 14.3. The molecule has 7 aliphatic rings. The molecule has 9 aromatic rings. The molecule has 0 radical (unpaired) electrons. The number of likely N-dealkylation sites (tertiary alicyclic amines) is 1. The van der Waals surface area contributed by atoms with Crippen LogP contribution in [0.2, 0.25) is 0 Å². The average Bonchev–Trinajstić information content (AvgIpc) is 1.61. The first-order valence-electron chi connectivity index (χ1n) is 41.7. The van der Waals surface area contributed by atoms with Gasteiger partial charge >= 0.3 is 24.1 Å². The van der Waals surface area contributed by atoms with Crippen LogP contribution in [0, 0.1) is 17.1 Å². The van der Waals surface area contributed by atoms with Crippen molar-refractivity contribution in [3.05, 3.63) is 182 Å².